The van der Waals surface area contributed by atoms with Crippen LogP contribution in [0.1, 0.15) is 8.97 Å². The second-order valence-corrected chi connectivity index (χ2v) is 5.82. The van der Waals surface area contributed by atoms with Gasteiger partial charge in [0.25, 0.3) is 5.56 Å². The zero-order valence-electron chi connectivity index (χ0n) is 13.6. The number of halogens is 3. The lowest BCUT2D eigenvalue weighted by Crippen LogP contribution is -2.41. The number of aliphatic hydroxyl groups excluding tert-OH is 1. The first kappa shape index (κ1) is 14.5. The Labute approximate surface area is 146 Å². The number of aromatic amines is 1. The summed E-state index contributed by atoms with van der Waals surface area (Å²) < 4.78 is 35.3. The summed E-state index contributed by atoms with van der Waals surface area (Å²) in [6.07, 6.45) is -4.45. The maximum Gasteiger partial charge on any atom is 0.264 e. The van der Waals surface area contributed by atoms with Gasteiger partial charge < -0.3 is 20.7 Å². The molecule has 2 aromatic heterocycles. The molecule has 8 nitrogen and oxygen atoms in total. The molecule has 0 saturated carbocycles. The molecule has 1 saturated heterocycles. The van der Waals surface area contributed by atoms with Crippen LogP contribution in [-0.4, -0.2) is 48.4 Å². The minimum absolute atomic E-state index is 0.276. The van der Waals surface area contributed by atoms with Gasteiger partial charge in [-0.3, -0.25) is 14.3 Å². The molecule has 1 fully saturated rings. The standard InChI is InChI=1S/C13H11Cl2FN4O4/c14-2-1-13(15)8(22)6(4-21)24-11(13)20-3-5(16)7-9(20)18-12(17)19-10(7)23/h3,6,8,11,21-22H,4H2,(H3,17,18,19,23)/t6-,8+,11-,13?/m1/s1/i4D2. The van der Waals surface area contributed by atoms with Crippen molar-refractivity contribution in [2.75, 3.05) is 12.3 Å². The topological polar surface area (TPSA) is 126 Å². The second-order valence-electron chi connectivity index (χ2n) is 5.00. The molecule has 3 heterocycles. The van der Waals surface area contributed by atoms with E-state index in [0.717, 1.165) is 10.8 Å². The normalized spacial score (nSPS) is 31.5. The van der Waals surface area contributed by atoms with Crippen molar-refractivity contribution < 1.29 is 22.1 Å². The molecular formula is C13H11Cl2FN4O4. The van der Waals surface area contributed by atoms with E-state index in [0.29, 0.717) is 0 Å². The van der Waals surface area contributed by atoms with Gasteiger partial charge in [0.1, 0.15) is 17.6 Å². The van der Waals surface area contributed by atoms with Crippen LogP contribution in [0.5, 0.6) is 0 Å². The maximum atomic E-state index is 14.3. The van der Waals surface area contributed by atoms with E-state index in [-0.39, 0.29) is 11.6 Å². The number of aromatic nitrogens is 3. The van der Waals surface area contributed by atoms with Gasteiger partial charge in [-0.1, -0.05) is 17.5 Å². The molecule has 0 spiro atoms. The lowest BCUT2D eigenvalue weighted by Gasteiger charge is -2.25. The Hall–Kier alpha value is -1.83. The van der Waals surface area contributed by atoms with Crippen molar-refractivity contribution in [3.05, 3.63) is 22.4 Å². The predicted molar refractivity (Wildman–Crippen MR) is 83.9 cm³/mol. The fourth-order valence-corrected chi connectivity index (χ4v) is 3.09. The third kappa shape index (κ3) is 2.35. The fraction of sp³-hybridized carbons (Fsp3) is 0.385. The van der Waals surface area contributed by atoms with Crippen molar-refractivity contribution in [3.63, 3.8) is 0 Å². The van der Waals surface area contributed by atoms with Gasteiger partial charge >= 0.3 is 0 Å². The molecule has 0 amide bonds. The Morgan fingerprint density at radius 1 is 1.71 bits per heavy atom. The highest BCUT2D eigenvalue weighted by atomic mass is 35.5. The number of aliphatic hydroxyl groups is 2. The van der Waals surface area contributed by atoms with Crippen LogP contribution in [0.4, 0.5) is 10.3 Å². The Morgan fingerprint density at radius 2 is 2.42 bits per heavy atom. The van der Waals surface area contributed by atoms with Gasteiger partial charge in [0.2, 0.25) is 5.95 Å². The van der Waals surface area contributed by atoms with Gasteiger partial charge in [0.15, 0.2) is 22.6 Å². The molecule has 0 aliphatic carbocycles. The Balaban J connectivity index is 2.26. The third-order valence-corrected chi connectivity index (χ3v) is 4.22. The Bertz CT molecular complexity index is 998. The van der Waals surface area contributed by atoms with Crippen LogP contribution < -0.4 is 11.3 Å². The van der Waals surface area contributed by atoms with E-state index in [1.54, 1.807) is 0 Å². The number of nitrogens with one attached hydrogen (secondary N) is 1. The van der Waals surface area contributed by atoms with Gasteiger partial charge in [-0.2, -0.15) is 4.98 Å². The summed E-state index contributed by atoms with van der Waals surface area (Å²) >= 11 is 11.7. The molecule has 11 heteroatoms. The first-order valence-electron chi connectivity index (χ1n) is 7.44. The zero-order chi connectivity index (χ0) is 19.4. The van der Waals surface area contributed by atoms with E-state index in [2.05, 4.69) is 15.9 Å². The summed E-state index contributed by atoms with van der Waals surface area (Å²) in [5, 5.41) is 21.5. The SMILES string of the molecule is [2H]C([2H])(O)[C@H]1O[C@@H](n2cc(F)c3c(=O)[nH]c(N)nc32)C(Cl)(C#CCl)[C@H]1O. The summed E-state index contributed by atoms with van der Waals surface area (Å²) in [5.41, 5.74) is 4.34. The number of hydrogen-bond donors (Lipinski definition) is 4. The number of nitrogen functional groups attached to an aromatic ring is 1. The summed E-state index contributed by atoms with van der Waals surface area (Å²) in [5.74, 6) is 0.957. The highest BCUT2D eigenvalue weighted by Crippen LogP contribution is 2.44. The highest BCUT2D eigenvalue weighted by Gasteiger charge is 2.56. The number of fused-ring (bicyclic) bond motifs is 1. The van der Waals surface area contributed by atoms with Crippen molar-refractivity contribution in [1.82, 2.24) is 14.5 Å². The minimum atomic E-state index is -3.01. The molecule has 1 aliphatic rings. The number of rotatable bonds is 2. The maximum absolute atomic E-state index is 14.3. The summed E-state index contributed by atoms with van der Waals surface area (Å²) in [6, 6.07) is 0. The van der Waals surface area contributed by atoms with Gasteiger partial charge in [-0.05, 0) is 11.6 Å². The Kier molecular flexibility index (Phi) is 3.57. The molecular weight excluding hydrogens is 366 g/mol. The van der Waals surface area contributed by atoms with Crippen LogP contribution in [0.3, 0.4) is 0 Å². The van der Waals surface area contributed by atoms with Gasteiger partial charge in [0.05, 0.1) is 9.30 Å². The molecule has 0 bridgehead atoms. The monoisotopic (exact) mass is 378 g/mol. The fourth-order valence-electron chi connectivity index (χ4n) is 2.56. The predicted octanol–water partition coefficient (Wildman–Crippen LogP) is -0.126. The second kappa shape index (κ2) is 5.91. The average Bonchev–Trinajstić information content (AvgIpc) is 2.95. The lowest BCUT2D eigenvalue weighted by molar-refractivity contribution is -0.0436. The average molecular weight is 379 g/mol. The van der Waals surface area contributed by atoms with Gasteiger partial charge in [-0.25, -0.2) is 4.39 Å². The zero-order valence-corrected chi connectivity index (χ0v) is 13.1. The Morgan fingerprint density at radius 3 is 3.04 bits per heavy atom. The number of alkyl halides is 1. The number of ether oxygens (including phenoxy) is 1. The molecule has 0 aromatic carbocycles. The number of nitrogens with zero attached hydrogens (tertiary/aromatic N) is 2. The summed E-state index contributed by atoms with van der Waals surface area (Å²) in [7, 11) is 0. The highest BCUT2D eigenvalue weighted by molar-refractivity contribution is 6.32. The summed E-state index contributed by atoms with van der Waals surface area (Å²) in [6.45, 7) is -3.01. The largest absolute Gasteiger partial charge is 0.394 e. The van der Waals surface area contributed by atoms with E-state index in [1.807, 2.05) is 5.38 Å². The first-order chi connectivity index (χ1) is 12.0. The van der Waals surface area contributed by atoms with E-state index in [1.165, 1.54) is 0 Å². The molecule has 4 atom stereocenters. The number of hydrogen-bond acceptors (Lipinski definition) is 6. The smallest absolute Gasteiger partial charge is 0.264 e. The number of anilines is 1. The minimum Gasteiger partial charge on any atom is -0.394 e. The van der Waals surface area contributed by atoms with Crippen LogP contribution >= 0.6 is 23.2 Å². The summed E-state index contributed by atoms with van der Waals surface area (Å²) in [4.78, 5) is 15.8. The van der Waals surface area contributed by atoms with E-state index >= 15 is 0 Å². The molecule has 24 heavy (non-hydrogen) atoms. The van der Waals surface area contributed by atoms with Crippen molar-refractivity contribution in [2.45, 2.75) is 23.3 Å². The van der Waals surface area contributed by atoms with Crippen molar-refractivity contribution in [2.24, 2.45) is 0 Å². The molecule has 3 rings (SSSR count). The molecule has 5 N–H and O–H groups in total. The van der Waals surface area contributed by atoms with Crippen LogP contribution in [0, 0.1) is 17.1 Å². The first-order valence-corrected chi connectivity index (χ1v) is 7.19. The van der Waals surface area contributed by atoms with E-state index in [4.69, 9.17) is 36.4 Å². The van der Waals surface area contributed by atoms with E-state index in [9.17, 15) is 19.4 Å². The van der Waals surface area contributed by atoms with Crippen LogP contribution in [0.2, 0.25) is 0 Å². The number of H-pyrrole nitrogens is 1. The van der Waals surface area contributed by atoms with Gasteiger partial charge in [-0.15, -0.1) is 0 Å². The third-order valence-electron chi connectivity index (χ3n) is 3.63. The molecule has 128 valence electrons. The van der Waals surface area contributed by atoms with Crippen molar-refractivity contribution in [1.29, 1.82) is 0 Å². The van der Waals surface area contributed by atoms with Crippen LogP contribution in [-0.2, 0) is 4.74 Å². The lowest BCUT2D eigenvalue weighted by atomic mass is 9.99. The molecule has 1 unspecified atom stereocenters. The van der Waals surface area contributed by atoms with Crippen molar-refractivity contribution in [3.8, 4) is 11.3 Å². The molecule has 0 radical (unpaired) electrons. The van der Waals surface area contributed by atoms with Gasteiger partial charge in [0, 0.05) is 11.6 Å². The number of nitrogens with two attached hydrogens (primary N) is 1. The molecule has 2 aromatic rings. The quantitative estimate of drug-likeness (QED) is 0.426. The van der Waals surface area contributed by atoms with Crippen LogP contribution in [0.15, 0.2) is 11.0 Å². The van der Waals surface area contributed by atoms with E-state index < -0.39 is 46.6 Å². The molecule has 1 aliphatic heterocycles. The van der Waals surface area contributed by atoms with Crippen LogP contribution in [0.25, 0.3) is 11.0 Å². The van der Waals surface area contributed by atoms with Crippen molar-refractivity contribution >= 4 is 40.2 Å².